The fourth-order valence-electron chi connectivity index (χ4n) is 2.59. The highest BCUT2D eigenvalue weighted by Crippen LogP contribution is 2.26. The lowest BCUT2D eigenvalue weighted by molar-refractivity contribution is -0.0553. The van der Waals surface area contributed by atoms with Crippen LogP contribution >= 0.6 is 0 Å². The lowest BCUT2D eigenvalue weighted by atomic mass is 9.94. The number of ether oxygens (including phenoxy) is 1. The molecule has 100 valence electrons. The first-order chi connectivity index (χ1) is 9.12. The van der Waals surface area contributed by atoms with E-state index >= 15 is 0 Å². The number of fused-ring (bicyclic) bond motifs is 1. The number of nitrogens with one attached hydrogen (secondary N) is 1. The largest absolute Gasteiger partial charge is 0.375 e. The van der Waals surface area contributed by atoms with Crippen LogP contribution in [0.15, 0.2) is 30.5 Å². The molecule has 4 nitrogen and oxygen atoms in total. The topological polar surface area (TPSA) is 47.0 Å². The molecule has 4 heteroatoms. The molecule has 19 heavy (non-hydrogen) atoms. The van der Waals surface area contributed by atoms with Crippen molar-refractivity contribution in [1.29, 1.82) is 0 Å². The van der Waals surface area contributed by atoms with Crippen LogP contribution < -0.4 is 5.32 Å². The van der Waals surface area contributed by atoms with E-state index in [-0.39, 0.29) is 5.60 Å². The van der Waals surface area contributed by atoms with Gasteiger partial charge >= 0.3 is 0 Å². The third-order valence-electron chi connectivity index (χ3n) is 3.50. The zero-order chi connectivity index (χ0) is 13.3. The van der Waals surface area contributed by atoms with E-state index in [2.05, 4.69) is 29.1 Å². The summed E-state index contributed by atoms with van der Waals surface area (Å²) in [6.07, 6.45) is 3.81. The standard InChI is InChI=1S/C15H19N3O/c1-15(2)9-11(7-8-19-15)17-14-10-16-12-5-3-4-6-13(12)18-14/h3-6,10-11H,7-9H2,1-2H3,(H,17,18). The van der Waals surface area contributed by atoms with E-state index in [0.717, 1.165) is 36.3 Å². The third-order valence-corrected chi connectivity index (χ3v) is 3.50. The van der Waals surface area contributed by atoms with E-state index in [1.807, 2.05) is 30.5 Å². The first-order valence-corrected chi connectivity index (χ1v) is 6.75. The molecule has 2 heterocycles. The highest BCUT2D eigenvalue weighted by Gasteiger charge is 2.28. The molecular weight excluding hydrogens is 238 g/mol. The Kier molecular flexibility index (Phi) is 3.11. The van der Waals surface area contributed by atoms with Crippen LogP contribution in [-0.4, -0.2) is 28.2 Å². The number of anilines is 1. The van der Waals surface area contributed by atoms with Gasteiger partial charge in [0.15, 0.2) is 0 Å². The van der Waals surface area contributed by atoms with Gasteiger partial charge in [-0.2, -0.15) is 0 Å². The summed E-state index contributed by atoms with van der Waals surface area (Å²) in [4.78, 5) is 9.03. The summed E-state index contributed by atoms with van der Waals surface area (Å²) in [5.41, 5.74) is 1.80. The molecule has 1 aliphatic heterocycles. The van der Waals surface area contributed by atoms with Crippen LogP contribution in [0.3, 0.4) is 0 Å². The summed E-state index contributed by atoms with van der Waals surface area (Å²) >= 11 is 0. The van der Waals surface area contributed by atoms with E-state index in [4.69, 9.17) is 4.74 Å². The second-order valence-corrected chi connectivity index (χ2v) is 5.69. The number of aromatic nitrogens is 2. The van der Waals surface area contributed by atoms with E-state index < -0.39 is 0 Å². The number of benzene rings is 1. The highest BCUT2D eigenvalue weighted by atomic mass is 16.5. The molecule has 1 fully saturated rings. The average Bonchev–Trinajstić information content (AvgIpc) is 2.37. The predicted octanol–water partition coefficient (Wildman–Crippen LogP) is 3.00. The van der Waals surface area contributed by atoms with Crippen LogP contribution in [0.4, 0.5) is 5.82 Å². The van der Waals surface area contributed by atoms with Crippen molar-refractivity contribution in [2.75, 3.05) is 11.9 Å². The summed E-state index contributed by atoms with van der Waals surface area (Å²) < 4.78 is 5.73. The van der Waals surface area contributed by atoms with Gasteiger partial charge in [0.1, 0.15) is 5.82 Å². The Bertz CT molecular complexity index is 582. The summed E-state index contributed by atoms with van der Waals surface area (Å²) in [6.45, 7) is 5.06. The highest BCUT2D eigenvalue weighted by molar-refractivity contribution is 5.75. The van der Waals surface area contributed by atoms with Crippen LogP contribution in [0.2, 0.25) is 0 Å². The Morgan fingerprint density at radius 3 is 2.84 bits per heavy atom. The zero-order valence-corrected chi connectivity index (χ0v) is 11.4. The van der Waals surface area contributed by atoms with Gasteiger partial charge in [-0.25, -0.2) is 4.98 Å². The van der Waals surface area contributed by atoms with E-state index in [0.29, 0.717) is 6.04 Å². The Balaban J connectivity index is 1.77. The fourth-order valence-corrected chi connectivity index (χ4v) is 2.59. The minimum atomic E-state index is -0.0554. The van der Waals surface area contributed by atoms with Crippen molar-refractivity contribution in [1.82, 2.24) is 9.97 Å². The molecule has 1 N–H and O–H groups in total. The van der Waals surface area contributed by atoms with Gasteiger partial charge in [-0.05, 0) is 38.8 Å². The molecule has 0 bridgehead atoms. The molecule has 0 amide bonds. The van der Waals surface area contributed by atoms with Crippen LogP contribution in [0, 0.1) is 0 Å². The van der Waals surface area contributed by atoms with Crippen molar-refractivity contribution < 1.29 is 4.74 Å². The van der Waals surface area contributed by atoms with Crippen LogP contribution in [0.25, 0.3) is 11.0 Å². The molecule has 1 atom stereocenters. The summed E-state index contributed by atoms with van der Waals surface area (Å²) in [6, 6.07) is 8.33. The number of hydrogen-bond donors (Lipinski definition) is 1. The molecule has 0 aliphatic carbocycles. The molecule has 0 saturated carbocycles. The fraction of sp³-hybridized carbons (Fsp3) is 0.467. The number of rotatable bonds is 2. The monoisotopic (exact) mass is 257 g/mol. The maximum atomic E-state index is 5.73. The van der Waals surface area contributed by atoms with Crippen LogP contribution in [0.5, 0.6) is 0 Å². The zero-order valence-electron chi connectivity index (χ0n) is 11.4. The Hall–Kier alpha value is -1.68. The summed E-state index contributed by atoms with van der Waals surface area (Å²) in [7, 11) is 0. The van der Waals surface area contributed by atoms with Gasteiger partial charge in [0.25, 0.3) is 0 Å². The minimum absolute atomic E-state index is 0.0554. The Labute approximate surface area is 113 Å². The van der Waals surface area contributed by atoms with Gasteiger partial charge in [0.2, 0.25) is 0 Å². The molecule has 1 aromatic heterocycles. The van der Waals surface area contributed by atoms with Gasteiger partial charge < -0.3 is 10.1 Å². The van der Waals surface area contributed by atoms with Crippen molar-refractivity contribution in [2.24, 2.45) is 0 Å². The molecule has 1 aromatic carbocycles. The molecule has 3 rings (SSSR count). The normalized spacial score (nSPS) is 22.3. The molecule has 1 unspecified atom stereocenters. The SMILES string of the molecule is CC1(C)CC(Nc2cnc3ccccc3n2)CCO1. The predicted molar refractivity (Wildman–Crippen MR) is 76.2 cm³/mol. The number of para-hydroxylation sites is 2. The Morgan fingerprint density at radius 2 is 2.05 bits per heavy atom. The first-order valence-electron chi connectivity index (χ1n) is 6.75. The smallest absolute Gasteiger partial charge is 0.145 e. The first kappa shape index (κ1) is 12.4. The van der Waals surface area contributed by atoms with Crippen molar-refractivity contribution in [3.8, 4) is 0 Å². The van der Waals surface area contributed by atoms with Gasteiger partial charge in [0.05, 0.1) is 22.8 Å². The van der Waals surface area contributed by atoms with Crippen molar-refractivity contribution in [3.05, 3.63) is 30.5 Å². The van der Waals surface area contributed by atoms with Crippen LogP contribution in [0.1, 0.15) is 26.7 Å². The van der Waals surface area contributed by atoms with E-state index in [1.165, 1.54) is 0 Å². The minimum Gasteiger partial charge on any atom is -0.375 e. The molecule has 1 saturated heterocycles. The third kappa shape index (κ3) is 2.84. The summed E-state index contributed by atoms with van der Waals surface area (Å²) in [5, 5.41) is 3.47. The molecule has 0 spiro atoms. The second kappa shape index (κ2) is 4.78. The van der Waals surface area contributed by atoms with Gasteiger partial charge in [0, 0.05) is 12.6 Å². The van der Waals surface area contributed by atoms with Gasteiger partial charge in [-0.3, -0.25) is 4.98 Å². The van der Waals surface area contributed by atoms with Crippen molar-refractivity contribution in [3.63, 3.8) is 0 Å². The second-order valence-electron chi connectivity index (χ2n) is 5.69. The van der Waals surface area contributed by atoms with Crippen LogP contribution in [-0.2, 0) is 4.74 Å². The molecule has 0 radical (unpaired) electrons. The molecule has 2 aromatic rings. The van der Waals surface area contributed by atoms with Gasteiger partial charge in [-0.15, -0.1) is 0 Å². The van der Waals surface area contributed by atoms with E-state index in [1.54, 1.807) is 0 Å². The molecule has 1 aliphatic rings. The van der Waals surface area contributed by atoms with Crippen molar-refractivity contribution >= 4 is 16.9 Å². The maximum absolute atomic E-state index is 5.73. The number of nitrogens with zero attached hydrogens (tertiary/aromatic N) is 2. The lowest BCUT2D eigenvalue weighted by Gasteiger charge is -2.36. The van der Waals surface area contributed by atoms with Crippen molar-refractivity contribution in [2.45, 2.75) is 38.3 Å². The average molecular weight is 257 g/mol. The maximum Gasteiger partial charge on any atom is 0.145 e. The Morgan fingerprint density at radius 1 is 1.26 bits per heavy atom. The van der Waals surface area contributed by atoms with Gasteiger partial charge in [-0.1, -0.05) is 12.1 Å². The van der Waals surface area contributed by atoms with E-state index in [9.17, 15) is 0 Å². The number of hydrogen-bond acceptors (Lipinski definition) is 4. The lowest BCUT2D eigenvalue weighted by Crippen LogP contribution is -2.40. The summed E-state index contributed by atoms with van der Waals surface area (Å²) in [5.74, 6) is 0.849. The molecular formula is C15H19N3O. The quantitative estimate of drug-likeness (QED) is 0.898.